The van der Waals surface area contributed by atoms with Gasteiger partial charge in [0.05, 0.1) is 5.92 Å². The van der Waals surface area contributed by atoms with Gasteiger partial charge >= 0.3 is 0 Å². The summed E-state index contributed by atoms with van der Waals surface area (Å²) in [6.45, 7) is 7.23. The number of hydrogen-bond donors (Lipinski definition) is 1. The minimum Gasteiger partial charge on any atom is -0.355 e. The lowest BCUT2D eigenvalue weighted by molar-refractivity contribution is -0.137. The smallest absolute Gasteiger partial charge is 0.225 e. The van der Waals surface area contributed by atoms with Crippen LogP contribution in [0.25, 0.3) is 0 Å². The van der Waals surface area contributed by atoms with Gasteiger partial charge < -0.3 is 10.2 Å². The first-order chi connectivity index (χ1) is 15.6. The van der Waals surface area contributed by atoms with Crippen molar-refractivity contribution in [2.24, 2.45) is 11.8 Å². The minimum atomic E-state index is -0.211. The second-order valence-corrected chi connectivity index (χ2v) is 9.64. The lowest BCUT2D eigenvalue weighted by Gasteiger charge is -2.36. The Bertz CT molecular complexity index is 775. The van der Waals surface area contributed by atoms with Crippen molar-refractivity contribution in [3.8, 4) is 0 Å². The molecule has 0 bridgehead atoms. The van der Waals surface area contributed by atoms with Crippen LogP contribution in [-0.2, 0) is 16.1 Å². The van der Waals surface area contributed by atoms with Gasteiger partial charge in [-0.05, 0) is 49.9 Å². The number of benzene rings is 1. The predicted octanol–water partition coefficient (Wildman–Crippen LogP) is 2.49. The molecular weight excluding hydrogens is 407 g/mol. The van der Waals surface area contributed by atoms with Crippen LogP contribution in [0.2, 0.25) is 0 Å². The number of piperidine rings is 1. The molecule has 3 fully saturated rings. The molecule has 0 aromatic heterocycles. The number of nitrogens with one attached hydrogen (secondary N) is 1. The Morgan fingerprint density at radius 1 is 0.938 bits per heavy atom. The van der Waals surface area contributed by atoms with E-state index < -0.39 is 0 Å². The summed E-state index contributed by atoms with van der Waals surface area (Å²) in [6, 6.07) is 6.71. The zero-order valence-electron chi connectivity index (χ0n) is 19.1. The lowest BCUT2D eigenvalue weighted by Crippen LogP contribution is -2.51. The molecule has 7 heteroatoms. The SMILES string of the molecule is O=C(NCCN1CCN(C(=O)C2CCCC2)CC1)C1CCCN(Cc2cccc(F)c2)C1. The molecule has 2 heterocycles. The predicted molar refractivity (Wildman–Crippen MR) is 122 cm³/mol. The molecule has 1 aromatic carbocycles. The molecule has 1 unspecified atom stereocenters. The first-order valence-corrected chi connectivity index (χ1v) is 12.3. The maximum Gasteiger partial charge on any atom is 0.225 e. The van der Waals surface area contributed by atoms with Gasteiger partial charge in [-0.1, -0.05) is 25.0 Å². The van der Waals surface area contributed by atoms with Crippen LogP contribution in [0.1, 0.15) is 44.1 Å². The van der Waals surface area contributed by atoms with E-state index in [4.69, 9.17) is 0 Å². The Morgan fingerprint density at radius 2 is 1.69 bits per heavy atom. The van der Waals surface area contributed by atoms with Crippen molar-refractivity contribution in [1.82, 2.24) is 20.0 Å². The summed E-state index contributed by atoms with van der Waals surface area (Å²) in [5.41, 5.74) is 0.955. The highest BCUT2D eigenvalue weighted by atomic mass is 19.1. The number of amides is 2. The molecule has 0 spiro atoms. The molecule has 6 nitrogen and oxygen atoms in total. The fourth-order valence-electron chi connectivity index (χ4n) is 5.41. The van der Waals surface area contributed by atoms with Crippen LogP contribution in [0, 0.1) is 17.7 Å². The third-order valence-corrected chi connectivity index (χ3v) is 7.29. The molecule has 1 N–H and O–H groups in total. The normalized spacial score (nSPS) is 23.4. The second kappa shape index (κ2) is 11.2. The molecule has 2 saturated heterocycles. The van der Waals surface area contributed by atoms with Crippen molar-refractivity contribution in [1.29, 1.82) is 0 Å². The van der Waals surface area contributed by atoms with Gasteiger partial charge in [0.25, 0.3) is 0 Å². The van der Waals surface area contributed by atoms with Crippen LogP contribution in [0.5, 0.6) is 0 Å². The van der Waals surface area contributed by atoms with Crippen LogP contribution in [0.4, 0.5) is 4.39 Å². The lowest BCUT2D eigenvalue weighted by atomic mass is 9.96. The molecule has 3 aliphatic rings. The zero-order valence-corrected chi connectivity index (χ0v) is 19.1. The third-order valence-electron chi connectivity index (χ3n) is 7.29. The number of halogens is 1. The van der Waals surface area contributed by atoms with Gasteiger partial charge in [-0.3, -0.25) is 19.4 Å². The highest BCUT2D eigenvalue weighted by molar-refractivity contribution is 5.79. The van der Waals surface area contributed by atoms with E-state index in [1.165, 1.54) is 18.9 Å². The van der Waals surface area contributed by atoms with Crippen molar-refractivity contribution in [3.05, 3.63) is 35.6 Å². The van der Waals surface area contributed by atoms with Crippen LogP contribution in [0.3, 0.4) is 0 Å². The Morgan fingerprint density at radius 3 is 2.44 bits per heavy atom. The summed E-state index contributed by atoms with van der Waals surface area (Å²) in [4.78, 5) is 31.9. The van der Waals surface area contributed by atoms with Gasteiger partial charge in [0.2, 0.25) is 11.8 Å². The van der Waals surface area contributed by atoms with E-state index in [1.807, 2.05) is 11.0 Å². The standard InChI is InChI=1S/C25H37FN4O2/c26-23-9-3-5-20(17-23)18-29-11-4-8-22(19-29)24(31)27-10-12-28-13-15-30(16-14-28)25(32)21-6-1-2-7-21/h3,5,9,17,21-22H,1-2,4,6-8,10-16,18-19H2,(H,27,31). The van der Waals surface area contributed by atoms with Crippen molar-refractivity contribution in [2.75, 3.05) is 52.4 Å². The molecule has 2 amide bonds. The average molecular weight is 445 g/mol. The van der Waals surface area contributed by atoms with Crippen LogP contribution >= 0.6 is 0 Å². The molecule has 2 aliphatic heterocycles. The van der Waals surface area contributed by atoms with Crippen molar-refractivity contribution in [3.63, 3.8) is 0 Å². The molecule has 176 valence electrons. The summed E-state index contributed by atoms with van der Waals surface area (Å²) in [7, 11) is 0. The van der Waals surface area contributed by atoms with Gasteiger partial charge in [-0.15, -0.1) is 0 Å². The van der Waals surface area contributed by atoms with Crippen molar-refractivity contribution in [2.45, 2.75) is 45.1 Å². The van der Waals surface area contributed by atoms with E-state index in [1.54, 1.807) is 12.1 Å². The van der Waals surface area contributed by atoms with Gasteiger partial charge in [-0.25, -0.2) is 4.39 Å². The molecule has 0 radical (unpaired) electrons. The molecule has 1 atom stereocenters. The quantitative estimate of drug-likeness (QED) is 0.702. The first kappa shape index (κ1) is 23.2. The molecule has 1 saturated carbocycles. The Kier molecular flexibility index (Phi) is 8.14. The Balaban J connectivity index is 1.14. The number of nitrogens with zero attached hydrogens (tertiary/aromatic N) is 3. The van der Waals surface area contributed by atoms with Gasteiger partial charge in [0.1, 0.15) is 5.82 Å². The maximum absolute atomic E-state index is 13.4. The monoisotopic (exact) mass is 444 g/mol. The Labute approximate surface area is 191 Å². The fraction of sp³-hybridized carbons (Fsp3) is 0.680. The molecule has 32 heavy (non-hydrogen) atoms. The molecule has 4 rings (SSSR count). The van der Waals surface area contributed by atoms with Crippen LogP contribution < -0.4 is 5.32 Å². The Hall–Kier alpha value is -1.99. The van der Waals surface area contributed by atoms with E-state index in [2.05, 4.69) is 15.1 Å². The summed E-state index contributed by atoms with van der Waals surface area (Å²) in [6.07, 6.45) is 6.41. The fourth-order valence-corrected chi connectivity index (χ4v) is 5.41. The van der Waals surface area contributed by atoms with Gasteiger partial charge in [0, 0.05) is 58.3 Å². The molecule has 1 aromatic rings. The highest BCUT2D eigenvalue weighted by Gasteiger charge is 2.29. The van der Waals surface area contributed by atoms with E-state index in [0.29, 0.717) is 19.0 Å². The molecular formula is C25H37FN4O2. The highest BCUT2D eigenvalue weighted by Crippen LogP contribution is 2.27. The second-order valence-electron chi connectivity index (χ2n) is 9.64. The molecule has 1 aliphatic carbocycles. The van der Waals surface area contributed by atoms with E-state index in [0.717, 1.165) is 77.1 Å². The van der Waals surface area contributed by atoms with Crippen molar-refractivity contribution < 1.29 is 14.0 Å². The van der Waals surface area contributed by atoms with E-state index in [-0.39, 0.29) is 23.6 Å². The van der Waals surface area contributed by atoms with Gasteiger partial charge in [-0.2, -0.15) is 0 Å². The minimum absolute atomic E-state index is 0.00168. The van der Waals surface area contributed by atoms with Crippen molar-refractivity contribution >= 4 is 11.8 Å². The maximum atomic E-state index is 13.4. The number of piperazine rings is 1. The number of carbonyl (C=O) groups is 2. The first-order valence-electron chi connectivity index (χ1n) is 12.3. The summed E-state index contributed by atoms with van der Waals surface area (Å²) >= 11 is 0. The number of carbonyl (C=O) groups excluding carboxylic acids is 2. The van der Waals surface area contributed by atoms with Crippen LogP contribution in [-0.4, -0.2) is 78.9 Å². The zero-order chi connectivity index (χ0) is 22.3. The number of likely N-dealkylation sites (tertiary alicyclic amines) is 1. The average Bonchev–Trinajstić information content (AvgIpc) is 3.34. The van der Waals surface area contributed by atoms with E-state index in [9.17, 15) is 14.0 Å². The topological polar surface area (TPSA) is 55.9 Å². The largest absolute Gasteiger partial charge is 0.355 e. The van der Waals surface area contributed by atoms with E-state index >= 15 is 0 Å². The number of hydrogen-bond acceptors (Lipinski definition) is 4. The third kappa shape index (κ3) is 6.29. The number of rotatable bonds is 7. The summed E-state index contributed by atoms with van der Waals surface area (Å²) < 4.78 is 13.4. The summed E-state index contributed by atoms with van der Waals surface area (Å²) in [5, 5.41) is 3.12. The van der Waals surface area contributed by atoms with Crippen LogP contribution in [0.15, 0.2) is 24.3 Å². The van der Waals surface area contributed by atoms with Gasteiger partial charge in [0.15, 0.2) is 0 Å². The summed E-state index contributed by atoms with van der Waals surface area (Å²) in [5.74, 6) is 0.534.